The van der Waals surface area contributed by atoms with Crippen LogP contribution in [0.2, 0.25) is 0 Å². The first-order chi connectivity index (χ1) is 15.3. The summed E-state index contributed by atoms with van der Waals surface area (Å²) in [5.41, 5.74) is 3.79. The van der Waals surface area contributed by atoms with Crippen molar-refractivity contribution in [2.24, 2.45) is 0 Å². The molecule has 0 saturated carbocycles. The minimum Gasteiger partial charge on any atom is -0.348 e. The van der Waals surface area contributed by atoms with Gasteiger partial charge in [-0.2, -0.15) is 0 Å². The molecule has 156 valence electrons. The molecule has 1 unspecified atom stereocenters. The summed E-state index contributed by atoms with van der Waals surface area (Å²) in [7, 11) is 0. The summed E-state index contributed by atoms with van der Waals surface area (Å²) >= 11 is 0. The van der Waals surface area contributed by atoms with Crippen LogP contribution in [0, 0.1) is 0 Å². The van der Waals surface area contributed by atoms with Crippen LogP contribution in [0.5, 0.6) is 0 Å². The summed E-state index contributed by atoms with van der Waals surface area (Å²) in [6.45, 7) is 3.43. The number of pyridine rings is 1. The molecule has 1 amide bonds. The molecule has 1 saturated heterocycles. The molecular weight excluding hydrogens is 386 g/mol. The van der Waals surface area contributed by atoms with E-state index in [1.165, 1.54) is 5.56 Å². The molecule has 0 aliphatic carbocycles. The number of carbonyl (C=O) groups is 1. The molecule has 0 radical (unpaired) electrons. The van der Waals surface area contributed by atoms with Crippen molar-refractivity contribution in [3.05, 3.63) is 102 Å². The molecule has 4 aromatic rings. The van der Waals surface area contributed by atoms with E-state index in [1.807, 2.05) is 59.1 Å². The maximum atomic E-state index is 12.7. The minimum absolute atomic E-state index is 0.0949. The van der Waals surface area contributed by atoms with Gasteiger partial charge >= 0.3 is 0 Å². The van der Waals surface area contributed by atoms with Crippen molar-refractivity contribution in [1.82, 2.24) is 24.8 Å². The Morgan fingerprint density at radius 3 is 2.45 bits per heavy atom. The quantitative estimate of drug-likeness (QED) is 0.526. The van der Waals surface area contributed by atoms with Gasteiger partial charge < -0.3 is 5.32 Å². The lowest BCUT2D eigenvalue weighted by Crippen LogP contribution is -2.23. The molecule has 2 aromatic heterocycles. The van der Waals surface area contributed by atoms with Gasteiger partial charge in [0.1, 0.15) is 5.82 Å². The van der Waals surface area contributed by atoms with Crippen LogP contribution in [-0.2, 0) is 13.1 Å². The zero-order chi connectivity index (χ0) is 21.0. The number of hydrogen-bond acceptors (Lipinski definition) is 4. The Hall–Kier alpha value is -3.51. The van der Waals surface area contributed by atoms with E-state index in [-0.39, 0.29) is 5.91 Å². The molecule has 0 bridgehead atoms. The summed E-state index contributed by atoms with van der Waals surface area (Å²) in [5, 5.41) is 11.8. The molecule has 1 fully saturated rings. The third-order valence-electron chi connectivity index (χ3n) is 5.87. The number of nitrogens with zero attached hydrogens (tertiary/aromatic N) is 4. The second-order valence-corrected chi connectivity index (χ2v) is 8.08. The molecule has 6 heteroatoms. The predicted molar refractivity (Wildman–Crippen MR) is 120 cm³/mol. The first-order valence-electron chi connectivity index (χ1n) is 10.7. The van der Waals surface area contributed by atoms with E-state index in [2.05, 4.69) is 44.7 Å². The number of rotatable bonds is 6. The van der Waals surface area contributed by atoms with Crippen molar-refractivity contribution in [1.29, 1.82) is 0 Å². The third-order valence-corrected chi connectivity index (χ3v) is 5.87. The summed E-state index contributed by atoms with van der Waals surface area (Å²) in [4.78, 5) is 15.2. The van der Waals surface area contributed by atoms with Crippen molar-refractivity contribution in [2.45, 2.75) is 25.4 Å². The van der Waals surface area contributed by atoms with Crippen molar-refractivity contribution in [3.63, 3.8) is 0 Å². The summed E-state index contributed by atoms with van der Waals surface area (Å²) in [5.74, 6) is 1.15. The van der Waals surface area contributed by atoms with Crippen LogP contribution >= 0.6 is 0 Å². The Balaban J connectivity index is 1.29. The van der Waals surface area contributed by atoms with Crippen LogP contribution in [0.1, 0.15) is 39.6 Å². The second kappa shape index (κ2) is 8.70. The van der Waals surface area contributed by atoms with Crippen LogP contribution < -0.4 is 5.32 Å². The summed E-state index contributed by atoms with van der Waals surface area (Å²) < 4.78 is 1.98. The molecule has 1 aliphatic rings. The van der Waals surface area contributed by atoms with E-state index in [0.717, 1.165) is 43.1 Å². The number of benzene rings is 2. The molecule has 1 N–H and O–H groups in total. The fourth-order valence-electron chi connectivity index (χ4n) is 4.23. The van der Waals surface area contributed by atoms with Crippen LogP contribution in [-0.4, -0.2) is 38.5 Å². The van der Waals surface area contributed by atoms with E-state index in [1.54, 1.807) is 0 Å². The smallest absolute Gasteiger partial charge is 0.253 e. The lowest BCUT2D eigenvalue weighted by Gasteiger charge is -2.15. The molecular formula is C25H25N5O. The Labute approximate surface area is 181 Å². The topological polar surface area (TPSA) is 62.5 Å². The zero-order valence-electron chi connectivity index (χ0n) is 17.3. The molecule has 5 rings (SSSR count). The number of fused-ring (bicyclic) bond motifs is 1. The number of aromatic nitrogens is 3. The van der Waals surface area contributed by atoms with E-state index >= 15 is 0 Å². The van der Waals surface area contributed by atoms with E-state index in [4.69, 9.17) is 0 Å². The van der Waals surface area contributed by atoms with E-state index in [9.17, 15) is 4.79 Å². The highest BCUT2D eigenvalue weighted by Gasteiger charge is 2.27. The fraction of sp³-hybridized carbons (Fsp3) is 0.240. The van der Waals surface area contributed by atoms with Gasteiger partial charge in [0.15, 0.2) is 5.65 Å². The number of carbonyl (C=O) groups excluding carboxylic acids is 1. The molecule has 31 heavy (non-hydrogen) atoms. The van der Waals surface area contributed by atoms with Gasteiger partial charge in [-0.05, 0) is 36.2 Å². The second-order valence-electron chi connectivity index (χ2n) is 8.08. The van der Waals surface area contributed by atoms with Gasteiger partial charge in [-0.25, -0.2) is 0 Å². The average molecular weight is 412 g/mol. The van der Waals surface area contributed by atoms with E-state index in [0.29, 0.717) is 18.0 Å². The SMILES string of the molecule is O=C(NCc1ccccc1)c1ccc2nnc(C3CCN(Cc4ccccc4)C3)n2c1. The predicted octanol–water partition coefficient (Wildman–Crippen LogP) is 3.65. The Bertz CT molecular complexity index is 1170. The Morgan fingerprint density at radius 1 is 0.935 bits per heavy atom. The highest BCUT2D eigenvalue weighted by atomic mass is 16.1. The summed E-state index contributed by atoms with van der Waals surface area (Å²) in [6.07, 6.45) is 2.91. The molecule has 0 spiro atoms. The van der Waals surface area contributed by atoms with Gasteiger partial charge in [-0.3, -0.25) is 14.1 Å². The third kappa shape index (κ3) is 4.34. The van der Waals surface area contributed by atoms with Crippen molar-refractivity contribution in [3.8, 4) is 0 Å². The highest BCUT2D eigenvalue weighted by molar-refractivity contribution is 5.94. The molecule has 2 aromatic carbocycles. The Kier molecular flexibility index (Phi) is 5.46. The van der Waals surface area contributed by atoms with Crippen molar-refractivity contribution < 1.29 is 4.79 Å². The minimum atomic E-state index is -0.0949. The maximum Gasteiger partial charge on any atom is 0.253 e. The van der Waals surface area contributed by atoms with Gasteiger partial charge in [0.25, 0.3) is 5.91 Å². The first-order valence-corrected chi connectivity index (χ1v) is 10.7. The van der Waals surface area contributed by atoms with Gasteiger partial charge in [0, 0.05) is 31.7 Å². The highest BCUT2D eigenvalue weighted by Crippen LogP contribution is 2.27. The normalized spacial score (nSPS) is 16.6. The number of likely N-dealkylation sites (tertiary alicyclic amines) is 1. The number of amides is 1. The van der Waals surface area contributed by atoms with Crippen LogP contribution in [0.15, 0.2) is 79.0 Å². The van der Waals surface area contributed by atoms with Crippen LogP contribution in [0.4, 0.5) is 0 Å². The monoisotopic (exact) mass is 411 g/mol. The average Bonchev–Trinajstić information content (AvgIpc) is 3.45. The van der Waals surface area contributed by atoms with Crippen molar-refractivity contribution in [2.75, 3.05) is 13.1 Å². The molecule has 6 nitrogen and oxygen atoms in total. The largest absolute Gasteiger partial charge is 0.348 e. The lowest BCUT2D eigenvalue weighted by molar-refractivity contribution is 0.0950. The molecule has 1 atom stereocenters. The fourth-order valence-corrected chi connectivity index (χ4v) is 4.23. The zero-order valence-corrected chi connectivity index (χ0v) is 17.3. The number of hydrogen-bond donors (Lipinski definition) is 1. The Morgan fingerprint density at radius 2 is 1.68 bits per heavy atom. The van der Waals surface area contributed by atoms with Crippen LogP contribution in [0.25, 0.3) is 5.65 Å². The molecule has 3 heterocycles. The van der Waals surface area contributed by atoms with Gasteiger partial charge in [0.2, 0.25) is 0 Å². The summed E-state index contributed by atoms with van der Waals surface area (Å²) in [6, 6.07) is 24.1. The van der Waals surface area contributed by atoms with Crippen molar-refractivity contribution >= 4 is 11.6 Å². The van der Waals surface area contributed by atoms with Gasteiger partial charge in [-0.1, -0.05) is 60.7 Å². The van der Waals surface area contributed by atoms with E-state index < -0.39 is 0 Å². The number of nitrogens with one attached hydrogen (secondary N) is 1. The lowest BCUT2D eigenvalue weighted by atomic mass is 10.1. The van der Waals surface area contributed by atoms with Gasteiger partial charge in [-0.15, -0.1) is 10.2 Å². The first kappa shape index (κ1) is 19.5. The maximum absolute atomic E-state index is 12.7. The molecule has 1 aliphatic heterocycles. The van der Waals surface area contributed by atoms with Crippen LogP contribution in [0.3, 0.4) is 0 Å². The van der Waals surface area contributed by atoms with Gasteiger partial charge in [0.05, 0.1) is 5.56 Å². The standard InChI is InChI=1S/C25H25N5O/c31-25(26-15-19-7-3-1-4-8-19)22-11-12-23-27-28-24(30(23)18-22)21-13-14-29(17-21)16-20-9-5-2-6-10-20/h1-12,18,21H,13-17H2,(H,26,31).